The number of nitrogens with zero attached hydrogens (tertiary/aromatic N) is 1. The quantitative estimate of drug-likeness (QED) is 0.757. The highest BCUT2D eigenvalue weighted by Gasteiger charge is 2.48. The van der Waals surface area contributed by atoms with Gasteiger partial charge in [0.25, 0.3) is 0 Å². The summed E-state index contributed by atoms with van der Waals surface area (Å²) < 4.78 is 5.74. The Balaban J connectivity index is 2.35. The van der Waals surface area contributed by atoms with Gasteiger partial charge in [-0.3, -0.25) is 0 Å². The van der Waals surface area contributed by atoms with Crippen molar-refractivity contribution < 1.29 is 4.74 Å². The summed E-state index contributed by atoms with van der Waals surface area (Å²) in [7, 11) is 0. The minimum Gasteiger partial charge on any atom is -0.378 e. The van der Waals surface area contributed by atoms with E-state index in [0.717, 1.165) is 26.0 Å². The van der Waals surface area contributed by atoms with Crippen LogP contribution < -0.4 is 5.32 Å². The average molecular weight is 252 g/mol. The third-order valence-corrected chi connectivity index (χ3v) is 4.29. The first-order valence-electron chi connectivity index (χ1n) is 7.05. The van der Waals surface area contributed by atoms with Gasteiger partial charge in [-0.15, -0.1) is 0 Å². The van der Waals surface area contributed by atoms with Gasteiger partial charge in [0.1, 0.15) is 0 Å². The molecule has 3 heteroatoms. The van der Waals surface area contributed by atoms with Crippen molar-refractivity contribution in [1.82, 2.24) is 5.32 Å². The van der Waals surface area contributed by atoms with Gasteiger partial charge < -0.3 is 10.1 Å². The van der Waals surface area contributed by atoms with Gasteiger partial charge in [0.15, 0.2) is 0 Å². The summed E-state index contributed by atoms with van der Waals surface area (Å²) in [6, 6.07) is 2.77. The van der Waals surface area contributed by atoms with Crippen molar-refractivity contribution in [3.8, 4) is 6.07 Å². The topological polar surface area (TPSA) is 45.0 Å². The summed E-state index contributed by atoms with van der Waals surface area (Å²) in [5.41, 5.74) is 0.420. The van der Waals surface area contributed by atoms with Gasteiger partial charge in [0.05, 0.1) is 12.2 Å². The monoisotopic (exact) mass is 252 g/mol. The Morgan fingerprint density at radius 1 is 1.44 bits per heavy atom. The fraction of sp³-hybridized carbons (Fsp3) is 0.933. The Bertz CT molecular complexity index is 304. The van der Waals surface area contributed by atoms with E-state index in [4.69, 9.17) is 10.00 Å². The van der Waals surface area contributed by atoms with Crippen LogP contribution in [-0.2, 0) is 4.74 Å². The lowest BCUT2D eigenvalue weighted by Crippen LogP contribution is -2.61. The molecule has 1 N–H and O–H groups in total. The maximum atomic E-state index is 8.65. The predicted molar refractivity (Wildman–Crippen MR) is 74.2 cm³/mol. The second-order valence-corrected chi connectivity index (χ2v) is 6.76. The van der Waals surface area contributed by atoms with Crippen molar-refractivity contribution >= 4 is 0 Å². The second-order valence-electron chi connectivity index (χ2n) is 6.76. The molecule has 2 atom stereocenters. The van der Waals surface area contributed by atoms with Gasteiger partial charge in [0, 0.05) is 31.0 Å². The molecular formula is C15H28N2O. The van der Waals surface area contributed by atoms with Crippen LogP contribution in [0.4, 0.5) is 0 Å². The Kier molecular flexibility index (Phi) is 5.19. The molecule has 1 saturated carbocycles. The SMILES string of the molecule is CCOC1CC(NCC(C)(C)CCC#N)C1(C)C. The summed E-state index contributed by atoms with van der Waals surface area (Å²) in [6.07, 6.45) is 3.10. The molecule has 0 aromatic rings. The van der Waals surface area contributed by atoms with Crippen LogP contribution in [0.2, 0.25) is 0 Å². The molecule has 0 saturated heterocycles. The molecule has 0 radical (unpaired) electrons. The summed E-state index contributed by atoms with van der Waals surface area (Å²) in [4.78, 5) is 0. The van der Waals surface area contributed by atoms with Crippen LogP contribution in [0.3, 0.4) is 0 Å². The molecule has 0 bridgehead atoms. The van der Waals surface area contributed by atoms with Crippen LogP contribution >= 0.6 is 0 Å². The Morgan fingerprint density at radius 3 is 2.61 bits per heavy atom. The molecule has 3 nitrogen and oxygen atoms in total. The number of nitriles is 1. The van der Waals surface area contributed by atoms with Crippen molar-refractivity contribution in [3.05, 3.63) is 0 Å². The van der Waals surface area contributed by atoms with Crippen molar-refractivity contribution in [2.24, 2.45) is 10.8 Å². The maximum absolute atomic E-state index is 8.65. The van der Waals surface area contributed by atoms with Crippen LogP contribution in [0, 0.1) is 22.2 Å². The molecule has 0 aliphatic heterocycles. The zero-order valence-electron chi connectivity index (χ0n) is 12.5. The van der Waals surface area contributed by atoms with E-state index in [1.807, 2.05) is 0 Å². The number of nitrogens with one attached hydrogen (secondary N) is 1. The molecule has 2 unspecified atom stereocenters. The van der Waals surface area contributed by atoms with E-state index in [1.54, 1.807) is 0 Å². The van der Waals surface area contributed by atoms with Crippen LogP contribution in [0.1, 0.15) is 53.9 Å². The first-order chi connectivity index (χ1) is 8.33. The molecule has 18 heavy (non-hydrogen) atoms. The van der Waals surface area contributed by atoms with Gasteiger partial charge in [-0.05, 0) is 25.2 Å². The fourth-order valence-corrected chi connectivity index (χ4v) is 2.60. The molecule has 0 aromatic carbocycles. The summed E-state index contributed by atoms with van der Waals surface area (Å²) >= 11 is 0. The Hall–Kier alpha value is -0.590. The summed E-state index contributed by atoms with van der Waals surface area (Å²) in [5.74, 6) is 0. The average Bonchev–Trinajstić information content (AvgIpc) is 2.30. The summed E-state index contributed by atoms with van der Waals surface area (Å²) in [5, 5.41) is 12.3. The highest BCUT2D eigenvalue weighted by molar-refractivity contribution is 5.03. The summed E-state index contributed by atoms with van der Waals surface area (Å²) in [6.45, 7) is 12.8. The van der Waals surface area contributed by atoms with E-state index >= 15 is 0 Å². The minimum atomic E-state index is 0.197. The minimum absolute atomic E-state index is 0.197. The largest absolute Gasteiger partial charge is 0.378 e. The third-order valence-electron chi connectivity index (χ3n) is 4.29. The van der Waals surface area contributed by atoms with Crippen molar-refractivity contribution in [2.45, 2.75) is 66.0 Å². The lowest BCUT2D eigenvalue weighted by Gasteiger charge is -2.52. The molecule has 1 fully saturated rings. The van der Waals surface area contributed by atoms with Crippen LogP contribution in [0.25, 0.3) is 0 Å². The molecule has 1 aliphatic carbocycles. The van der Waals surface area contributed by atoms with Crippen LogP contribution in [0.5, 0.6) is 0 Å². The molecule has 1 aliphatic rings. The highest BCUT2D eigenvalue weighted by atomic mass is 16.5. The third kappa shape index (κ3) is 3.70. The molecule has 1 rings (SSSR count). The number of rotatable bonds is 7. The second kappa shape index (κ2) is 6.04. The molecule has 0 amide bonds. The van der Waals surface area contributed by atoms with Crippen molar-refractivity contribution in [2.75, 3.05) is 13.2 Å². The maximum Gasteiger partial charge on any atom is 0.0655 e. The number of ether oxygens (including phenoxy) is 1. The van der Waals surface area contributed by atoms with Gasteiger partial charge in [-0.25, -0.2) is 0 Å². The van der Waals surface area contributed by atoms with E-state index < -0.39 is 0 Å². The normalized spacial score (nSPS) is 26.4. The van der Waals surface area contributed by atoms with E-state index in [-0.39, 0.29) is 10.8 Å². The Morgan fingerprint density at radius 2 is 2.11 bits per heavy atom. The van der Waals surface area contributed by atoms with Gasteiger partial charge >= 0.3 is 0 Å². The van der Waals surface area contributed by atoms with Crippen LogP contribution in [-0.4, -0.2) is 25.3 Å². The molecule has 0 heterocycles. The number of hydrogen-bond acceptors (Lipinski definition) is 3. The molecule has 0 spiro atoms. The van der Waals surface area contributed by atoms with E-state index in [1.165, 1.54) is 0 Å². The fourth-order valence-electron chi connectivity index (χ4n) is 2.60. The van der Waals surface area contributed by atoms with E-state index in [9.17, 15) is 0 Å². The zero-order valence-corrected chi connectivity index (χ0v) is 12.5. The van der Waals surface area contributed by atoms with E-state index in [0.29, 0.717) is 18.6 Å². The smallest absolute Gasteiger partial charge is 0.0655 e. The Labute approximate surface area is 112 Å². The van der Waals surface area contributed by atoms with Gasteiger partial charge in [-0.2, -0.15) is 5.26 Å². The zero-order chi connectivity index (χ0) is 13.8. The number of hydrogen-bond donors (Lipinski definition) is 1. The van der Waals surface area contributed by atoms with Gasteiger partial charge in [0.2, 0.25) is 0 Å². The lowest BCUT2D eigenvalue weighted by molar-refractivity contribution is -0.115. The highest BCUT2D eigenvalue weighted by Crippen LogP contribution is 2.43. The lowest BCUT2D eigenvalue weighted by atomic mass is 9.64. The predicted octanol–water partition coefficient (Wildman–Crippen LogP) is 3.11. The first kappa shape index (κ1) is 15.5. The standard InChI is InChI=1S/C15H28N2O/c1-6-18-13-10-12(15(13,4)5)17-11-14(2,3)8-7-9-16/h12-13,17H,6-8,10-11H2,1-5H3. The molecular weight excluding hydrogens is 224 g/mol. The molecule has 104 valence electrons. The molecule has 0 aromatic heterocycles. The van der Waals surface area contributed by atoms with Crippen molar-refractivity contribution in [1.29, 1.82) is 5.26 Å². The van der Waals surface area contributed by atoms with Crippen LogP contribution in [0.15, 0.2) is 0 Å². The van der Waals surface area contributed by atoms with Gasteiger partial charge in [-0.1, -0.05) is 27.7 Å². The van der Waals surface area contributed by atoms with E-state index in [2.05, 4.69) is 46.0 Å². The first-order valence-corrected chi connectivity index (χ1v) is 7.05. The van der Waals surface area contributed by atoms with Crippen molar-refractivity contribution in [3.63, 3.8) is 0 Å².